The van der Waals surface area contributed by atoms with E-state index < -0.39 is 17.7 Å². The van der Waals surface area contributed by atoms with E-state index in [4.69, 9.17) is 4.74 Å². The van der Waals surface area contributed by atoms with Crippen LogP contribution in [-0.2, 0) is 9.59 Å². The Morgan fingerprint density at radius 3 is 2.61 bits per heavy atom. The van der Waals surface area contributed by atoms with Crippen LogP contribution in [0.4, 0.5) is 0 Å². The molecule has 1 aromatic carbocycles. The maximum absolute atomic E-state index is 12.9. The van der Waals surface area contributed by atoms with Crippen LogP contribution in [0.2, 0.25) is 0 Å². The minimum Gasteiger partial charge on any atom is -0.507 e. The molecule has 1 amide bonds. The molecule has 1 fully saturated rings. The van der Waals surface area contributed by atoms with E-state index >= 15 is 0 Å². The van der Waals surface area contributed by atoms with E-state index in [1.807, 2.05) is 25.1 Å². The molecule has 1 atom stereocenters. The lowest BCUT2D eigenvalue weighted by Crippen LogP contribution is -2.32. The molecule has 1 N–H and O–H groups in total. The van der Waals surface area contributed by atoms with Gasteiger partial charge in [-0.25, -0.2) is 0 Å². The molecule has 0 saturated carbocycles. The molecule has 1 aromatic heterocycles. The quantitative estimate of drug-likeness (QED) is 0.290. The molecule has 1 saturated heterocycles. The number of carbonyl (C=O) groups is 2. The van der Waals surface area contributed by atoms with Crippen molar-refractivity contribution < 1.29 is 19.4 Å². The number of aliphatic hydroxyl groups excluding tert-OH is 1. The van der Waals surface area contributed by atoms with Gasteiger partial charge in [0.15, 0.2) is 0 Å². The van der Waals surface area contributed by atoms with Gasteiger partial charge in [-0.1, -0.05) is 18.7 Å². The number of carbonyl (C=O) groups excluding carboxylic acids is 2. The summed E-state index contributed by atoms with van der Waals surface area (Å²) in [6.07, 6.45) is 5.59. The first-order chi connectivity index (χ1) is 14.9. The Morgan fingerprint density at radius 2 is 2.00 bits per heavy atom. The van der Waals surface area contributed by atoms with Gasteiger partial charge in [0.05, 0.1) is 11.6 Å². The molecule has 7 heteroatoms. The summed E-state index contributed by atoms with van der Waals surface area (Å²) < 4.78 is 5.47. The number of hydrogen-bond donors (Lipinski definition) is 1. The number of likely N-dealkylation sites (tertiary alicyclic amines) is 1. The van der Waals surface area contributed by atoms with Crippen molar-refractivity contribution >= 4 is 17.4 Å². The fourth-order valence-corrected chi connectivity index (χ4v) is 3.57. The second-order valence-corrected chi connectivity index (χ2v) is 7.56. The number of ketones is 1. The Labute approximate surface area is 182 Å². The van der Waals surface area contributed by atoms with Crippen molar-refractivity contribution in [2.24, 2.45) is 0 Å². The molecule has 7 nitrogen and oxygen atoms in total. The first kappa shape index (κ1) is 22.2. The Balaban J connectivity index is 2.00. The first-order valence-corrected chi connectivity index (χ1v) is 10.1. The molecule has 2 aromatic rings. The molecule has 0 spiro atoms. The van der Waals surface area contributed by atoms with Crippen LogP contribution in [0.25, 0.3) is 5.76 Å². The highest BCUT2D eigenvalue weighted by Gasteiger charge is 2.45. The van der Waals surface area contributed by atoms with Crippen LogP contribution in [0.3, 0.4) is 0 Å². The largest absolute Gasteiger partial charge is 0.507 e. The molecule has 162 valence electrons. The monoisotopic (exact) mass is 421 g/mol. The molecule has 0 aliphatic carbocycles. The van der Waals surface area contributed by atoms with Crippen LogP contribution in [0.1, 0.15) is 23.6 Å². The van der Waals surface area contributed by atoms with Crippen molar-refractivity contribution in [3.8, 4) is 5.75 Å². The summed E-state index contributed by atoms with van der Waals surface area (Å²) in [4.78, 5) is 33.5. The molecule has 1 aliphatic rings. The first-order valence-electron chi connectivity index (χ1n) is 10.1. The summed E-state index contributed by atoms with van der Waals surface area (Å²) in [7, 11) is 3.91. The fraction of sp³-hybridized carbons (Fsp3) is 0.292. The molecular formula is C24H27N3O4. The summed E-state index contributed by atoms with van der Waals surface area (Å²) in [5.74, 6) is -0.898. The van der Waals surface area contributed by atoms with Crippen LogP contribution in [0.15, 0.2) is 67.0 Å². The molecule has 1 aliphatic heterocycles. The number of pyridine rings is 1. The zero-order chi connectivity index (χ0) is 22.4. The predicted molar refractivity (Wildman–Crippen MR) is 119 cm³/mol. The van der Waals surface area contributed by atoms with Gasteiger partial charge in [-0.05, 0) is 63.0 Å². The van der Waals surface area contributed by atoms with Crippen molar-refractivity contribution in [1.82, 2.24) is 14.8 Å². The standard InChI is InChI=1S/C24H27N3O4/c1-4-15-31-19-10-8-17(9-11-19)22(28)20-21(18-7-5-12-25-16-18)27(24(30)23(20)29)14-6-13-26(2)3/h4-5,7-12,16,21,28H,1,6,13-15H2,2-3H3/b22-20+. The number of Topliss-reactive ketones (excluding diaryl/α,β-unsaturated/α-hetero) is 1. The molecular weight excluding hydrogens is 394 g/mol. The number of hydrogen-bond acceptors (Lipinski definition) is 6. The molecule has 0 bridgehead atoms. The Bertz CT molecular complexity index is 968. The third kappa shape index (κ3) is 5.00. The van der Waals surface area contributed by atoms with Gasteiger partial charge in [0.2, 0.25) is 0 Å². The summed E-state index contributed by atoms with van der Waals surface area (Å²) in [6.45, 7) is 5.14. The van der Waals surface area contributed by atoms with Crippen LogP contribution >= 0.6 is 0 Å². The minimum atomic E-state index is -0.691. The maximum atomic E-state index is 12.9. The second kappa shape index (κ2) is 10.0. The van der Waals surface area contributed by atoms with E-state index in [2.05, 4.69) is 11.6 Å². The Morgan fingerprint density at radius 1 is 1.26 bits per heavy atom. The number of nitrogens with zero attached hydrogens (tertiary/aromatic N) is 3. The second-order valence-electron chi connectivity index (χ2n) is 7.56. The van der Waals surface area contributed by atoms with Crippen molar-refractivity contribution in [3.63, 3.8) is 0 Å². The van der Waals surface area contributed by atoms with E-state index in [9.17, 15) is 14.7 Å². The molecule has 1 unspecified atom stereocenters. The van der Waals surface area contributed by atoms with Gasteiger partial charge in [-0.2, -0.15) is 0 Å². The smallest absolute Gasteiger partial charge is 0.295 e. The Kier molecular flexibility index (Phi) is 7.20. The summed E-state index contributed by atoms with van der Waals surface area (Å²) in [5.41, 5.74) is 1.19. The van der Waals surface area contributed by atoms with Crippen molar-refractivity contribution in [2.45, 2.75) is 12.5 Å². The number of aromatic nitrogens is 1. The highest BCUT2D eigenvalue weighted by molar-refractivity contribution is 6.46. The zero-order valence-electron chi connectivity index (χ0n) is 17.8. The predicted octanol–water partition coefficient (Wildman–Crippen LogP) is 3.02. The minimum absolute atomic E-state index is 0.0719. The van der Waals surface area contributed by atoms with Crippen molar-refractivity contribution in [2.75, 3.05) is 33.8 Å². The van der Waals surface area contributed by atoms with Gasteiger partial charge in [0, 0.05) is 24.5 Å². The average molecular weight is 421 g/mol. The van der Waals surface area contributed by atoms with Gasteiger partial charge in [0.25, 0.3) is 11.7 Å². The maximum Gasteiger partial charge on any atom is 0.295 e. The van der Waals surface area contributed by atoms with Crippen molar-refractivity contribution in [1.29, 1.82) is 0 Å². The third-order valence-corrected chi connectivity index (χ3v) is 5.04. The van der Waals surface area contributed by atoms with Crippen LogP contribution in [0.5, 0.6) is 5.75 Å². The highest BCUT2D eigenvalue weighted by atomic mass is 16.5. The van der Waals surface area contributed by atoms with Gasteiger partial charge >= 0.3 is 0 Å². The van der Waals surface area contributed by atoms with Crippen LogP contribution in [-0.4, -0.2) is 65.4 Å². The summed E-state index contributed by atoms with van der Waals surface area (Å²) in [5, 5.41) is 11.0. The third-order valence-electron chi connectivity index (χ3n) is 5.04. The number of aliphatic hydroxyl groups is 1. The molecule has 3 rings (SSSR count). The number of rotatable bonds is 9. The lowest BCUT2D eigenvalue weighted by Gasteiger charge is -2.25. The molecule has 2 heterocycles. The van der Waals surface area contributed by atoms with E-state index in [1.165, 1.54) is 4.90 Å². The Hall–Kier alpha value is -3.45. The number of benzene rings is 1. The molecule has 31 heavy (non-hydrogen) atoms. The van der Waals surface area contributed by atoms with E-state index in [0.29, 0.717) is 36.4 Å². The normalized spacial score (nSPS) is 17.9. The SMILES string of the molecule is C=CCOc1ccc(/C(O)=C2\C(=O)C(=O)N(CCCN(C)C)C2c2cccnc2)cc1. The fourth-order valence-electron chi connectivity index (χ4n) is 3.57. The van der Waals surface area contributed by atoms with Crippen molar-refractivity contribution in [3.05, 3.63) is 78.1 Å². The molecule has 0 radical (unpaired) electrons. The van der Waals surface area contributed by atoms with E-state index in [0.717, 1.165) is 6.54 Å². The zero-order valence-corrected chi connectivity index (χ0v) is 17.8. The van der Waals surface area contributed by atoms with Crippen LogP contribution in [0, 0.1) is 0 Å². The topological polar surface area (TPSA) is 83.0 Å². The van der Waals surface area contributed by atoms with Crippen LogP contribution < -0.4 is 4.74 Å². The number of ether oxygens (including phenoxy) is 1. The summed E-state index contributed by atoms with van der Waals surface area (Å²) in [6, 6.07) is 9.59. The lowest BCUT2D eigenvalue weighted by atomic mass is 9.96. The van der Waals surface area contributed by atoms with Gasteiger partial charge in [-0.15, -0.1) is 0 Å². The van der Waals surface area contributed by atoms with Gasteiger partial charge in [-0.3, -0.25) is 14.6 Å². The lowest BCUT2D eigenvalue weighted by molar-refractivity contribution is -0.139. The van der Waals surface area contributed by atoms with E-state index in [-0.39, 0.29) is 11.3 Å². The average Bonchev–Trinajstić information content (AvgIpc) is 3.03. The van der Waals surface area contributed by atoms with E-state index in [1.54, 1.807) is 48.8 Å². The van der Waals surface area contributed by atoms with Gasteiger partial charge in [0.1, 0.15) is 18.1 Å². The van der Waals surface area contributed by atoms with Gasteiger partial charge < -0.3 is 19.6 Å². The summed E-state index contributed by atoms with van der Waals surface area (Å²) >= 11 is 0. The number of amides is 1. The highest BCUT2D eigenvalue weighted by Crippen LogP contribution is 2.39.